The van der Waals surface area contributed by atoms with Gasteiger partial charge in [-0.25, -0.2) is 4.98 Å². The number of anilines is 2. The Hall–Kier alpha value is -1.81. The summed E-state index contributed by atoms with van der Waals surface area (Å²) < 4.78 is 0. The molecule has 1 aromatic carbocycles. The Morgan fingerprint density at radius 3 is 2.81 bits per heavy atom. The molecule has 4 nitrogen and oxygen atoms in total. The summed E-state index contributed by atoms with van der Waals surface area (Å²) in [6.45, 7) is 1.01. The molecule has 2 N–H and O–H groups in total. The average Bonchev–Trinajstić information content (AvgIpc) is 2.93. The molecule has 1 atom stereocenters. The lowest BCUT2D eigenvalue weighted by Crippen LogP contribution is -2.30. The van der Waals surface area contributed by atoms with Crippen LogP contribution < -0.4 is 10.6 Å². The van der Waals surface area contributed by atoms with Crippen molar-refractivity contribution >= 4 is 23.4 Å². The van der Waals surface area contributed by atoms with E-state index in [9.17, 15) is 0 Å². The summed E-state index contributed by atoms with van der Waals surface area (Å²) in [5, 5.41) is 0.409. The first-order valence-corrected chi connectivity index (χ1v) is 7.71. The molecule has 1 aromatic heterocycles. The van der Waals surface area contributed by atoms with E-state index in [1.165, 1.54) is 18.4 Å². The van der Waals surface area contributed by atoms with Gasteiger partial charge in [0.15, 0.2) is 0 Å². The third-order valence-electron chi connectivity index (χ3n) is 3.98. The first kappa shape index (κ1) is 14.1. The second kappa shape index (κ2) is 6.31. The maximum atomic E-state index is 5.99. The third-order valence-corrected chi connectivity index (χ3v) is 4.17. The van der Waals surface area contributed by atoms with Crippen LogP contribution in [0.1, 0.15) is 24.8 Å². The molecule has 0 amide bonds. The third kappa shape index (κ3) is 3.45. The van der Waals surface area contributed by atoms with Crippen LogP contribution in [0.3, 0.4) is 0 Å². The van der Waals surface area contributed by atoms with Crippen LogP contribution in [0.5, 0.6) is 0 Å². The van der Waals surface area contributed by atoms with Gasteiger partial charge < -0.3 is 10.6 Å². The summed E-state index contributed by atoms with van der Waals surface area (Å²) in [5.74, 6) is 1.09. The molecule has 110 valence electrons. The molecule has 0 bridgehead atoms. The monoisotopic (exact) mass is 302 g/mol. The molecule has 1 saturated heterocycles. The van der Waals surface area contributed by atoms with Gasteiger partial charge in [-0.1, -0.05) is 41.9 Å². The second-order valence-electron chi connectivity index (χ2n) is 5.42. The molecule has 1 fully saturated rings. The standard InChI is InChI=1S/C16H19ClN4/c17-14-11-15(20-16(18)19-14)21-10-4-7-13(21)9-8-12-5-2-1-3-6-12/h1-3,5-6,11,13H,4,7-10H2,(H2,18,19,20). The van der Waals surface area contributed by atoms with Crippen molar-refractivity contribution < 1.29 is 0 Å². The molecule has 0 saturated carbocycles. The number of nitrogens with two attached hydrogens (primary N) is 1. The lowest BCUT2D eigenvalue weighted by molar-refractivity contribution is 0.606. The van der Waals surface area contributed by atoms with Crippen LogP contribution in [-0.4, -0.2) is 22.6 Å². The molecule has 2 heterocycles. The topological polar surface area (TPSA) is 55.0 Å². The highest BCUT2D eigenvalue weighted by Gasteiger charge is 2.25. The Bertz CT molecular complexity index is 582. The fourth-order valence-electron chi connectivity index (χ4n) is 2.99. The van der Waals surface area contributed by atoms with Gasteiger partial charge in [-0.15, -0.1) is 0 Å². The number of aromatic nitrogens is 2. The first-order chi connectivity index (χ1) is 10.2. The number of hydrogen-bond donors (Lipinski definition) is 1. The van der Waals surface area contributed by atoms with Gasteiger partial charge in [0, 0.05) is 18.7 Å². The molecular formula is C16H19ClN4. The lowest BCUT2D eigenvalue weighted by atomic mass is 10.0. The van der Waals surface area contributed by atoms with Crippen molar-refractivity contribution in [2.75, 3.05) is 17.2 Å². The predicted molar refractivity (Wildman–Crippen MR) is 86.6 cm³/mol. The van der Waals surface area contributed by atoms with E-state index < -0.39 is 0 Å². The molecule has 5 heteroatoms. The highest BCUT2D eigenvalue weighted by molar-refractivity contribution is 6.29. The fraction of sp³-hybridized carbons (Fsp3) is 0.375. The summed E-state index contributed by atoms with van der Waals surface area (Å²) in [6, 6.07) is 12.9. The summed E-state index contributed by atoms with van der Waals surface area (Å²) in [5.41, 5.74) is 7.08. The predicted octanol–water partition coefficient (Wildman–Crippen LogP) is 3.31. The first-order valence-electron chi connectivity index (χ1n) is 7.33. The quantitative estimate of drug-likeness (QED) is 0.880. The van der Waals surface area contributed by atoms with Crippen LogP contribution in [-0.2, 0) is 6.42 Å². The van der Waals surface area contributed by atoms with Crippen molar-refractivity contribution in [1.29, 1.82) is 0 Å². The Morgan fingerprint density at radius 2 is 2.05 bits per heavy atom. The average molecular weight is 303 g/mol. The van der Waals surface area contributed by atoms with Crippen LogP contribution >= 0.6 is 11.6 Å². The minimum atomic E-state index is 0.242. The minimum absolute atomic E-state index is 0.242. The minimum Gasteiger partial charge on any atom is -0.368 e. The van der Waals surface area contributed by atoms with Crippen molar-refractivity contribution in [2.24, 2.45) is 0 Å². The van der Waals surface area contributed by atoms with Crippen molar-refractivity contribution in [1.82, 2.24) is 9.97 Å². The molecule has 0 spiro atoms. The molecule has 1 unspecified atom stereocenters. The normalized spacial score (nSPS) is 18.1. The van der Waals surface area contributed by atoms with Crippen molar-refractivity contribution in [2.45, 2.75) is 31.7 Å². The largest absolute Gasteiger partial charge is 0.368 e. The number of rotatable bonds is 4. The van der Waals surface area contributed by atoms with Gasteiger partial charge in [0.05, 0.1) is 0 Å². The van der Waals surface area contributed by atoms with Gasteiger partial charge in [-0.2, -0.15) is 4.98 Å². The number of nitrogens with zero attached hydrogens (tertiary/aromatic N) is 3. The second-order valence-corrected chi connectivity index (χ2v) is 5.81. The van der Waals surface area contributed by atoms with Gasteiger partial charge in [0.25, 0.3) is 0 Å². The summed E-state index contributed by atoms with van der Waals surface area (Å²) in [4.78, 5) is 10.6. The van der Waals surface area contributed by atoms with Crippen molar-refractivity contribution in [3.63, 3.8) is 0 Å². The van der Waals surface area contributed by atoms with Crippen molar-refractivity contribution in [3.05, 3.63) is 47.1 Å². The fourth-order valence-corrected chi connectivity index (χ4v) is 3.17. The summed E-state index contributed by atoms with van der Waals surface area (Å²) in [7, 11) is 0. The van der Waals surface area contributed by atoms with E-state index in [1.54, 1.807) is 6.07 Å². The van der Waals surface area contributed by atoms with Gasteiger partial charge in [-0.3, -0.25) is 0 Å². The van der Waals surface area contributed by atoms with Crippen LogP contribution in [0.4, 0.5) is 11.8 Å². The van der Waals surface area contributed by atoms with Crippen LogP contribution in [0, 0.1) is 0 Å². The molecular weight excluding hydrogens is 284 g/mol. The number of nitrogen functional groups attached to an aromatic ring is 1. The van der Waals surface area contributed by atoms with E-state index in [1.807, 2.05) is 0 Å². The zero-order chi connectivity index (χ0) is 14.7. The number of aryl methyl sites for hydroxylation is 1. The SMILES string of the molecule is Nc1nc(Cl)cc(N2CCCC2CCc2ccccc2)n1. The van der Waals surface area contributed by atoms with E-state index in [-0.39, 0.29) is 5.95 Å². The maximum absolute atomic E-state index is 5.99. The summed E-state index contributed by atoms with van der Waals surface area (Å²) >= 11 is 5.99. The Labute approximate surface area is 130 Å². The van der Waals surface area contributed by atoms with E-state index in [0.717, 1.165) is 25.2 Å². The number of benzene rings is 1. The van der Waals surface area contributed by atoms with Gasteiger partial charge in [0.1, 0.15) is 11.0 Å². The smallest absolute Gasteiger partial charge is 0.223 e. The molecule has 1 aliphatic heterocycles. The molecule has 0 radical (unpaired) electrons. The van der Waals surface area contributed by atoms with Crippen LogP contribution in [0.15, 0.2) is 36.4 Å². The zero-order valence-electron chi connectivity index (χ0n) is 11.9. The molecule has 3 rings (SSSR count). The van der Waals surface area contributed by atoms with E-state index in [0.29, 0.717) is 11.2 Å². The van der Waals surface area contributed by atoms with Crippen LogP contribution in [0.2, 0.25) is 5.15 Å². The Balaban J connectivity index is 1.70. The number of hydrogen-bond acceptors (Lipinski definition) is 4. The zero-order valence-corrected chi connectivity index (χ0v) is 12.6. The molecule has 1 aliphatic rings. The highest BCUT2D eigenvalue weighted by Crippen LogP contribution is 2.28. The van der Waals surface area contributed by atoms with Gasteiger partial charge in [-0.05, 0) is 31.2 Å². The Kier molecular flexibility index (Phi) is 4.25. The highest BCUT2D eigenvalue weighted by atomic mass is 35.5. The van der Waals surface area contributed by atoms with E-state index in [2.05, 4.69) is 45.2 Å². The molecule has 0 aliphatic carbocycles. The van der Waals surface area contributed by atoms with Crippen LogP contribution in [0.25, 0.3) is 0 Å². The van der Waals surface area contributed by atoms with E-state index >= 15 is 0 Å². The Morgan fingerprint density at radius 1 is 1.24 bits per heavy atom. The number of halogens is 1. The van der Waals surface area contributed by atoms with E-state index in [4.69, 9.17) is 17.3 Å². The maximum Gasteiger partial charge on any atom is 0.223 e. The molecule has 2 aromatic rings. The van der Waals surface area contributed by atoms with Gasteiger partial charge in [0.2, 0.25) is 5.95 Å². The van der Waals surface area contributed by atoms with Crippen molar-refractivity contribution in [3.8, 4) is 0 Å². The molecule has 21 heavy (non-hydrogen) atoms. The summed E-state index contributed by atoms with van der Waals surface area (Å²) in [6.07, 6.45) is 4.57. The lowest BCUT2D eigenvalue weighted by Gasteiger charge is -2.26. The van der Waals surface area contributed by atoms with Gasteiger partial charge >= 0.3 is 0 Å².